The van der Waals surface area contributed by atoms with Crippen LogP contribution in [-0.2, 0) is 9.59 Å². The molecule has 10 nitrogen and oxygen atoms in total. The molecule has 1 atom stereocenters. The van der Waals surface area contributed by atoms with E-state index >= 15 is 0 Å². The molecule has 3 rings (SSSR count). The molecule has 0 saturated heterocycles. The van der Waals surface area contributed by atoms with E-state index in [-0.39, 0.29) is 11.8 Å². The summed E-state index contributed by atoms with van der Waals surface area (Å²) in [6.07, 6.45) is 7.23. The fraction of sp³-hybridized carbons (Fsp3) is 0.414. The standard InChI is InChI=1S/C29H38N8O2S/c1-6-15-30-27-22(19-32-29(35-27)34-23-13-14-24-25(18-23)40-20-33-24)11-8-7-9-16-31-28(39)21(2)37(5)26(38)12-10-17-36(3)4/h10,12-14,18-21H,6-7,9,15-17H2,1-5H3,(H,31,39)(H2,30,32,34,35). The second-order valence-electron chi connectivity index (χ2n) is 9.53. The van der Waals surface area contributed by atoms with E-state index in [1.54, 1.807) is 37.6 Å². The van der Waals surface area contributed by atoms with Gasteiger partial charge in [0, 0.05) is 44.9 Å². The van der Waals surface area contributed by atoms with Gasteiger partial charge in [-0.3, -0.25) is 9.59 Å². The minimum atomic E-state index is -0.567. The van der Waals surface area contributed by atoms with Crippen molar-refractivity contribution in [2.24, 2.45) is 0 Å². The highest BCUT2D eigenvalue weighted by molar-refractivity contribution is 7.16. The number of thiazole rings is 1. The number of benzene rings is 1. The second kappa shape index (κ2) is 15.5. The van der Waals surface area contributed by atoms with Crippen LogP contribution in [0.25, 0.3) is 10.2 Å². The molecule has 2 heterocycles. The summed E-state index contributed by atoms with van der Waals surface area (Å²) in [4.78, 5) is 41.5. The van der Waals surface area contributed by atoms with Crippen molar-refractivity contribution in [3.05, 3.63) is 47.6 Å². The molecule has 40 heavy (non-hydrogen) atoms. The molecular formula is C29H38N8O2S. The van der Waals surface area contributed by atoms with Gasteiger partial charge in [0.25, 0.3) is 0 Å². The van der Waals surface area contributed by atoms with Gasteiger partial charge in [0.05, 0.1) is 27.5 Å². The lowest BCUT2D eigenvalue weighted by atomic mass is 10.2. The molecule has 1 aromatic carbocycles. The summed E-state index contributed by atoms with van der Waals surface area (Å²) < 4.78 is 1.09. The number of fused-ring (bicyclic) bond motifs is 1. The predicted octanol–water partition coefficient (Wildman–Crippen LogP) is 3.86. The normalized spacial score (nSPS) is 11.8. The summed E-state index contributed by atoms with van der Waals surface area (Å²) >= 11 is 1.59. The van der Waals surface area contributed by atoms with Crippen molar-refractivity contribution in [3.8, 4) is 11.8 Å². The SMILES string of the molecule is CCCNc1nc(Nc2ccc3ncsc3c2)ncc1C#CCCCNC(=O)C(C)N(C)C(=O)C=CCN(C)C. The van der Waals surface area contributed by atoms with E-state index in [4.69, 9.17) is 0 Å². The minimum Gasteiger partial charge on any atom is -0.369 e. The largest absolute Gasteiger partial charge is 0.369 e. The van der Waals surface area contributed by atoms with Crippen LogP contribution in [0.1, 0.15) is 38.7 Å². The van der Waals surface area contributed by atoms with Crippen molar-refractivity contribution < 1.29 is 9.59 Å². The maximum absolute atomic E-state index is 12.5. The first-order chi connectivity index (χ1) is 19.3. The van der Waals surface area contributed by atoms with Crippen LogP contribution < -0.4 is 16.0 Å². The van der Waals surface area contributed by atoms with Crippen LogP contribution in [0.15, 0.2) is 42.1 Å². The van der Waals surface area contributed by atoms with Crippen molar-refractivity contribution in [3.63, 3.8) is 0 Å². The van der Waals surface area contributed by atoms with E-state index in [0.717, 1.165) is 34.4 Å². The molecule has 1 unspecified atom stereocenters. The van der Waals surface area contributed by atoms with Gasteiger partial charge in [-0.1, -0.05) is 24.8 Å². The van der Waals surface area contributed by atoms with Crippen molar-refractivity contribution in [2.45, 2.75) is 39.2 Å². The average Bonchev–Trinajstić information content (AvgIpc) is 3.41. The molecule has 0 aliphatic heterocycles. The summed E-state index contributed by atoms with van der Waals surface area (Å²) in [7, 11) is 5.48. The average molecular weight is 563 g/mol. The van der Waals surface area contributed by atoms with Gasteiger partial charge in [-0.05, 0) is 52.1 Å². The van der Waals surface area contributed by atoms with E-state index in [1.807, 2.05) is 42.7 Å². The Labute approximate surface area is 240 Å². The van der Waals surface area contributed by atoms with Crippen LogP contribution in [-0.4, -0.2) is 83.4 Å². The number of unbranched alkanes of at least 4 members (excludes halogenated alkanes) is 1. The lowest BCUT2D eigenvalue weighted by Gasteiger charge is -2.23. The molecule has 0 aliphatic carbocycles. The first kappa shape index (κ1) is 30.5. The van der Waals surface area contributed by atoms with E-state index < -0.39 is 6.04 Å². The molecule has 11 heteroatoms. The van der Waals surface area contributed by atoms with Gasteiger partial charge in [0.1, 0.15) is 11.9 Å². The van der Waals surface area contributed by atoms with Crippen molar-refractivity contribution >= 4 is 50.8 Å². The Morgan fingerprint density at radius 2 is 2.00 bits per heavy atom. The molecule has 0 aliphatic rings. The summed E-state index contributed by atoms with van der Waals surface area (Å²) in [6.45, 7) is 5.71. The number of carbonyl (C=O) groups excluding carboxylic acids is 2. The Hall–Kier alpha value is -4.01. The molecule has 3 aromatic rings. The highest BCUT2D eigenvalue weighted by atomic mass is 32.1. The Morgan fingerprint density at radius 3 is 2.77 bits per heavy atom. The molecule has 0 spiro atoms. The van der Waals surface area contributed by atoms with Crippen molar-refractivity contribution in [2.75, 3.05) is 51.4 Å². The summed E-state index contributed by atoms with van der Waals surface area (Å²) in [5.41, 5.74) is 4.41. The number of likely N-dealkylation sites (N-methyl/N-ethyl adjacent to an activating group) is 2. The monoisotopic (exact) mass is 562 g/mol. The molecule has 2 amide bonds. The molecule has 0 radical (unpaired) electrons. The van der Waals surface area contributed by atoms with Crippen LogP contribution in [0.2, 0.25) is 0 Å². The van der Waals surface area contributed by atoms with Crippen LogP contribution in [0.3, 0.4) is 0 Å². The maximum Gasteiger partial charge on any atom is 0.246 e. The number of rotatable bonds is 13. The number of hydrogen-bond donors (Lipinski definition) is 3. The first-order valence-corrected chi connectivity index (χ1v) is 14.2. The molecule has 212 valence electrons. The molecule has 3 N–H and O–H groups in total. The zero-order valence-corrected chi connectivity index (χ0v) is 24.6. The fourth-order valence-corrected chi connectivity index (χ4v) is 4.23. The number of amides is 2. The van der Waals surface area contributed by atoms with Crippen molar-refractivity contribution in [1.82, 2.24) is 30.1 Å². The fourth-order valence-electron chi connectivity index (χ4n) is 3.52. The first-order valence-electron chi connectivity index (χ1n) is 13.3. The Bertz CT molecular complexity index is 1380. The third-order valence-corrected chi connectivity index (χ3v) is 6.75. The highest BCUT2D eigenvalue weighted by Crippen LogP contribution is 2.24. The van der Waals surface area contributed by atoms with Crippen LogP contribution >= 0.6 is 11.3 Å². The van der Waals surface area contributed by atoms with Gasteiger partial charge in [-0.15, -0.1) is 11.3 Å². The second-order valence-corrected chi connectivity index (χ2v) is 10.4. The summed E-state index contributed by atoms with van der Waals surface area (Å²) in [5.74, 6) is 7.09. The number of nitrogens with one attached hydrogen (secondary N) is 3. The maximum atomic E-state index is 12.5. The van der Waals surface area contributed by atoms with E-state index in [2.05, 4.69) is 49.7 Å². The van der Waals surface area contributed by atoms with E-state index in [1.165, 1.54) is 11.0 Å². The third-order valence-electron chi connectivity index (χ3n) is 5.96. The van der Waals surface area contributed by atoms with Gasteiger partial charge in [-0.2, -0.15) is 4.98 Å². The quantitative estimate of drug-likeness (QED) is 0.163. The Kier molecular flexibility index (Phi) is 11.9. The number of anilines is 3. The summed E-state index contributed by atoms with van der Waals surface area (Å²) in [6, 6.07) is 5.39. The van der Waals surface area contributed by atoms with Gasteiger partial charge < -0.3 is 25.8 Å². The van der Waals surface area contributed by atoms with E-state index in [0.29, 0.717) is 37.7 Å². The number of carbonyl (C=O) groups is 2. The van der Waals surface area contributed by atoms with Gasteiger partial charge in [0.15, 0.2) is 0 Å². The zero-order valence-electron chi connectivity index (χ0n) is 23.8. The van der Waals surface area contributed by atoms with Crippen LogP contribution in [0.4, 0.5) is 17.5 Å². The van der Waals surface area contributed by atoms with Crippen LogP contribution in [0, 0.1) is 11.8 Å². The third kappa shape index (κ3) is 9.32. The molecule has 2 aromatic heterocycles. The van der Waals surface area contributed by atoms with Gasteiger partial charge >= 0.3 is 0 Å². The minimum absolute atomic E-state index is 0.193. The predicted molar refractivity (Wildman–Crippen MR) is 163 cm³/mol. The number of nitrogens with zero attached hydrogens (tertiary/aromatic N) is 5. The van der Waals surface area contributed by atoms with Gasteiger partial charge in [-0.25, -0.2) is 9.97 Å². The van der Waals surface area contributed by atoms with Crippen molar-refractivity contribution in [1.29, 1.82) is 0 Å². The van der Waals surface area contributed by atoms with Crippen LogP contribution in [0.5, 0.6) is 0 Å². The molecule has 0 fully saturated rings. The molecule has 0 bridgehead atoms. The molecule has 0 saturated carbocycles. The van der Waals surface area contributed by atoms with E-state index in [9.17, 15) is 9.59 Å². The lowest BCUT2D eigenvalue weighted by molar-refractivity contribution is -0.135. The highest BCUT2D eigenvalue weighted by Gasteiger charge is 2.20. The lowest BCUT2D eigenvalue weighted by Crippen LogP contribution is -2.45. The topological polar surface area (TPSA) is 115 Å². The zero-order chi connectivity index (χ0) is 28.9. The van der Waals surface area contributed by atoms with Gasteiger partial charge in [0.2, 0.25) is 17.8 Å². The smallest absolute Gasteiger partial charge is 0.246 e. The number of hydrogen-bond acceptors (Lipinski definition) is 9. The number of aromatic nitrogens is 3. The summed E-state index contributed by atoms with van der Waals surface area (Å²) in [5, 5.41) is 9.48. The Balaban J connectivity index is 1.51. The molecular weight excluding hydrogens is 524 g/mol. The Morgan fingerprint density at radius 1 is 1.18 bits per heavy atom.